The summed E-state index contributed by atoms with van der Waals surface area (Å²) in [5.74, 6) is 1.60. The molecule has 2 rings (SSSR count). The van der Waals surface area contributed by atoms with Crippen molar-refractivity contribution in [2.24, 2.45) is 11.7 Å². The molecular weight excluding hydrogens is 176 g/mol. The summed E-state index contributed by atoms with van der Waals surface area (Å²) in [4.78, 5) is 4.17. The Bertz CT molecular complexity index is 297. The van der Waals surface area contributed by atoms with Crippen molar-refractivity contribution in [3.05, 3.63) is 24.0 Å². The minimum Gasteiger partial charge on any atom is -0.491 e. The summed E-state index contributed by atoms with van der Waals surface area (Å²) in [5.41, 5.74) is 6.41. The molecule has 0 aliphatic heterocycles. The average Bonchev–Trinajstić information content (AvgIpc) is 2.16. The minimum atomic E-state index is 0.445. The van der Waals surface area contributed by atoms with Gasteiger partial charge in [0.15, 0.2) is 0 Å². The van der Waals surface area contributed by atoms with E-state index in [1.54, 1.807) is 6.20 Å². The van der Waals surface area contributed by atoms with Crippen LogP contribution in [-0.4, -0.2) is 11.6 Å². The van der Waals surface area contributed by atoms with E-state index in [1.165, 1.54) is 19.3 Å². The summed E-state index contributed by atoms with van der Waals surface area (Å²) in [5, 5.41) is 0. The van der Waals surface area contributed by atoms with E-state index in [0.29, 0.717) is 6.54 Å². The van der Waals surface area contributed by atoms with E-state index in [2.05, 4.69) is 4.98 Å². The molecule has 1 heterocycles. The van der Waals surface area contributed by atoms with Crippen LogP contribution in [0.4, 0.5) is 0 Å². The van der Waals surface area contributed by atoms with Crippen LogP contribution in [0.5, 0.6) is 5.75 Å². The number of pyridine rings is 1. The molecule has 1 fully saturated rings. The second-order valence-corrected chi connectivity index (χ2v) is 3.76. The molecule has 0 amide bonds. The largest absolute Gasteiger partial charge is 0.491 e. The summed E-state index contributed by atoms with van der Waals surface area (Å²) < 4.78 is 5.69. The Balaban J connectivity index is 1.93. The zero-order chi connectivity index (χ0) is 9.80. The molecule has 1 aliphatic carbocycles. The number of rotatable bonds is 4. The number of nitrogens with two attached hydrogens (primary N) is 1. The van der Waals surface area contributed by atoms with Crippen LogP contribution < -0.4 is 10.5 Å². The van der Waals surface area contributed by atoms with Gasteiger partial charge in [0.05, 0.1) is 12.3 Å². The van der Waals surface area contributed by atoms with E-state index >= 15 is 0 Å². The van der Waals surface area contributed by atoms with Gasteiger partial charge in [0.1, 0.15) is 5.75 Å². The fourth-order valence-electron chi connectivity index (χ4n) is 1.58. The molecule has 1 aromatic heterocycles. The smallest absolute Gasteiger partial charge is 0.142 e. The lowest BCUT2D eigenvalue weighted by Crippen LogP contribution is -2.20. The van der Waals surface area contributed by atoms with Gasteiger partial charge in [0.25, 0.3) is 0 Å². The molecule has 3 heteroatoms. The normalized spacial score (nSPS) is 16.4. The Labute approximate surface area is 84.3 Å². The number of ether oxygens (including phenoxy) is 1. The van der Waals surface area contributed by atoms with Gasteiger partial charge in [-0.05, 0) is 30.9 Å². The van der Waals surface area contributed by atoms with E-state index in [9.17, 15) is 0 Å². The highest BCUT2D eigenvalue weighted by Gasteiger charge is 2.18. The second-order valence-electron chi connectivity index (χ2n) is 3.76. The molecule has 0 spiro atoms. The van der Waals surface area contributed by atoms with Crippen LogP contribution in [0, 0.1) is 5.92 Å². The highest BCUT2D eigenvalue weighted by Crippen LogP contribution is 2.27. The van der Waals surface area contributed by atoms with Crippen LogP contribution in [-0.2, 0) is 6.54 Å². The average molecular weight is 192 g/mol. The minimum absolute atomic E-state index is 0.445. The first-order valence-corrected chi connectivity index (χ1v) is 5.17. The lowest BCUT2D eigenvalue weighted by atomic mass is 9.86. The fraction of sp³-hybridized carbons (Fsp3) is 0.545. The van der Waals surface area contributed by atoms with Gasteiger partial charge in [0, 0.05) is 12.7 Å². The van der Waals surface area contributed by atoms with Crippen LogP contribution in [0.25, 0.3) is 0 Å². The molecular formula is C11H16N2O. The van der Waals surface area contributed by atoms with Gasteiger partial charge in [0.2, 0.25) is 0 Å². The lowest BCUT2D eigenvalue weighted by Gasteiger charge is -2.25. The third-order valence-electron chi connectivity index (χ3n) is 2.74. The molecule has 1 saturated carbocycles. The number of nitrogens with zero attached hydrogens (tertiary/aromatic N) is 1. The van der Waals surface area contributed by atoms with Crippen LogP contribution >= 0.6 is 0 Å². The molecule has 3 nitrogen and oxygen atoms in total. The number of aromatic nitrogens is 1. The van der Waals surface area contributed by atoms with E-state index in [4.69, 9.17) is 10.5 Å². The maximum absolute atomic E-state index is 5.69. The van der Waals surface area contributed by atoms with Crippen molar-refractivity contribution < 1.29 is 4.74 Å². The lowest BCUT2D eigenvalue weighted by molar-refractivity contribution is 0.179. The summed E-state index contributed by atoms with van der Waals surface area (Å²) in [6.45, 7) is 1.26. The first-order valence-electron chi connectivity index (χ1n) is 5.17. The third-order valence-corrected chi connectivity index (χ3v) is 2.74. The van der Waals surface area contributed by atoms with E-state index in [1.807, 2.05) is 12.1 Å². The van der Waals surface area contributed by atoms with Gasteiger partial charge >= 0.3 is 0 Å². The number of hydrogen-bond donors (Lipinski definition) is 1. The second kappa shape index (κ2) is 4.42. The highest BCUT2D eigenvalue weighted by atomic mass is 16.5. The summed E-state index contributed by atoms with van der Waals surface area (Å²) in [7, 11) is 0. The molecule has 0 bridgehead atoms. The van der Waals surface area contributed by atoms with Crippen molar-refractivity contribution in [2.45, 2.75) is 25.8 Å². The molecule has 14 heavy (non-hydrogen) atoms. The molecule has 2 N–H and O–H groups in total. The highest BCUT2D eigenvalue weighted by molar-refractivity contribution is 5.26. The van der Waals surface area contributed by atoms with Crippen LogP contribution in [0.3, 0.4) is 0 Å². The Kier molecular flexibility index (Phi) is 2.99. The molecule has 0 radical (unpaired) electrons. The Morgan fingerprint density at radius 2 is 2.36 bits per heavy atom. The maximum atomic E-state index is 5.69. The molecule has 76 valence electrons. The predicted octanol–water partition coefficient (Wildman–Crippen LogP) is 1.72. The summed E-state index contributed by atoms with van der Waals surface area (Å²) in [6.07, 6.45) is 5.71. The molecule has 1 aromatic rings. The molecule has 1 aliphatic rings. The van der Waals surface area contributed by atoms with Gasteiger partial charge in [-0.2, -0.15) is 0 Å². The van der Waals surface area contributed by atoms with Crippen LogP contribution in [0.2, 0.25) is 0 Å². The Morgan fingerprint density at radius 1 is 1.50 bits per heavy atom. The van der Waals surface area contributed by atoms with E-state index in [-0.39, 0.29) is 0 Å². The van der Waals surface area contributed by atoms with Crippen molar-refractivity contribution in [3.8, 4) is 5.75 Å². The van der Waals surface area contributed by atoms with Gasteiger partial charge in [-0.3, -0.25) is 4.98 Å². The molecule has 0 saturated heterocycles. The van der Waals surface area contributed by atoms with Gasteiger partial charge < -0.3 is 10.5 Å². The Hall–Kier alpha value is -1.09. The van der Waals surface area contributed by atoms with Crippen molar-refractivity contribution in [3.63, 3.8) is 0 Å². The fourth-order valence-corrected chi connectivity index (χ4v) is 1.58. The first kappa shape index (κ1) is 9.46. The van der Waals surface area contributed by atoms with E-state index < -0.39 is 0 Å². The van der Waals surface area contributed by atoms with Crippen molar-refractivity contribution in [2.75, 3.05) is 6.61 Å². The van der Waals surface area contributed by atoms with Gasteiger partial charge in [-0.15, -0.1) is 0 Å². The zero-order valence-corrected chi connectivity index (χ0v) is 8.28. The van der Waals surface area contributed by atoms with E-state index in [0.717, 1.165) is 24.0 Å². The molecule has 0 unspecified atom stereocenters. The van der Waals surface area contributed by atoms with Crippen molar-refractivity contribution in [1.29, 1.82) is 0 Å². The van der Waals surface area contributed by atoms with Crippen molar-refractivity contribution >= 4 is 0 Å². The summed E-state index contributed by atoms with van der Waals surface area (Å²) in [6, 6.07) is 3.82. The predicted molar refractivity (Wildman–Crippen MR) is 55.0 cm³/mol. The van der Waals surface area contributed by atoms with Gasteiger partial charge in [-0.1, -0.05) is 6.42 Å². The van der Waals surface area contributed by atoms with Crippen LogP contribution in [0.1, 0.15) is 25.0 Å². The Morgan fingerprint density at radius 3 is 3.00 bits per heavy atom. The standard InChI is InChI=1S/C11H16N2O/c12-7-10-11(5-2-6-13-10)14-8-9-3-1-4-9/h2,5-6,9H,1,3-4,7-8,12H2. The monoisotopic (exact) mass is 192 g/mol. The van der Waals surface area contributed by atoms with Crippen LogP contribution in [0.15, 0.2) is 18.3 Å². The SMILES string of the molecule is NCc1ncccc1OCC1CCC1. The maximum Gasteiger partial charge on any atom is 0.142 e. The third kappa shape index (κ3) is 2.04. The van der Waals surface area contributed by atoms with Gasteiger partial charge in [-0.25, -0.2) is 0 Å². The number of hydrogen-bond acceptors (Lipinski definition) is 3. The van der Waals surface area contributed by atoms with Crippen molar-refractivity contribution in [1.82, 2.24) is 4.98 Å². The quantitative estimate of drug-likeness (QED) is 0.790. The topological polar surface area (TPSA) is 48.1 Å². The molecule has 0 atom stereocenters. The molecule has 0 aromatic carbocycles. The summed E-state index contributed by atoms with van der Waals surface area (Å²) >= 11 is 0. The first-order chi connectivity index (χ1) is 6.90. The zero-order valence-electron chi connectivity index (χ0n) is 8.28.